The van der Waals surface area contributed by atoms with Gasteiger partial charge in [-0.3, -0.25) is 4.79 Å². The SMILES string of the molecule is Cc1nc(-c2nnn(C)c2CNc2nc(C3CC3)no2)ccc1O[C@H]1CCC[C@H](C(=O)O)C1. The first-order chi connectivity index (χ1) is 16.0. The summed E-state index contributed by atoms with van der Waals surface area (Å²) in [5.74, 6) is 0.750. The number of ether oxygens (including phenoxy) is 1. The van der Waals surface area contributed by atoms with Gasteiger partial charge in [0.05, 0.1) is 35.6 Å². The maximum absolute atomic E-state index is 11.3. The van der Waals surface area contributed by atoms with Crippen molar-refractivity contribution in [3.05, 3.63) is 29.3 Å². The lowest BCUT2D eigenvalue weighted by Gasteiger charge is -2.27. The van der Waals surface area contributed by atoms with Crippen molar-refractivity contribution in [1.82, 2.24) is 30.1 Å². The average molecular weight is 454 g/mol. The minimum Gasteiger partial charge on any atom is -0.489 e. The first-order valence-electron chi connectivity index (χ1n) is 11.3. The first-order valence-corrected chi connectivity index (χ1v) is 11.3. The van der Waals surface area contributed by atoms with Crippen molar-refractivity contribution < 1.29 is 19.2 Å². The fraction of sp³-hybridized carbons (Fsp3) is 0.545. The van der Waals surface area contributed by atoms with E-state index in [2.05, 4.69) is 25.8 Å². The number of nitrogens with zero attached hydrogens (tertiary/aromatic N) is 6. The Hall–Kier alpha value is -3.50. The zero-order chi connectivity index (χ0) is 22.9. The van der Waals surface area contributed by atoms with Crippen LogP contribution in [0.3, 0.4) is 0 Å². The molecule has 2 atom stereocenters. The van der Waals surface area contributed by atoms with E-state index in [-0.39, 0.29) is 12.0 Å². The molecule has 0 bridgehead atoms. The van der Waals surface area contributed by atoms with Gasteiger partial charge in [0.2, 0.25) is 0 Å². The summed E-state index contributed by atoms with van der Waals surface area (Å²) >= 11 is 0. The number of nitrogens with one attached hydrogen (secondary N) is 1. The van der Waals surface area contributed by atoms with Crippen molar-refractivity contribution in [2.75, 3.05) is 5.32 Å². The highest BCUT2D eigenvalue weighted by molar-refractivity contribution is 5.70. The Balaban J connectivity index is 1.28. The number of carbonyl (C=O) groups is 1. The van der Waals surface area contributed by atoms with E-state index in [0.29, 0.717) is 48.5 Å². The van der Waals surface area contributed by atoms with Gasteiger partial charge in [-0.05, 0) is 57.6 Å². The van der Waals surface area contributed by atoms with Gasteiger partial charge in [-0.2, -0.15) is 4.98 Å². The lowest BCUT2D eigenvalue weighted by Crippen LogP contribution is -2.29. The Kier molecular flexibility index (Phi) is 5.69. The fourth-order valence-electron chi connectivity index (χ4n) is 4.21. The minimum atomic E-state index is -0.749. The van der Waals surface area contributed by atoms with Crippen LogP contribution < -0.4 is 10.1 Å². The number of pyridine rings is 1. The van der Waals surface area contributed by atoms with E-state index < -0.39 is 5.97 Å². The average Bonchev–Trinajstić information content (AvgIpc) is 3.43. The normalized spacial score (nSPS) is 20.5. The molecule has 2 N–H and O–H groups in total. The third kappa shape index (κ3) is 4.67. The molecule has 3 aromatic heterocycles. The van der Waals surface area contributed by atoms with Gasteiger partial charge in [0.1, 0.15) is 11.4 Å². The molecule has 2 aliphatic carbocycles. The molecule has 3 heterocycles. The van der Waals surface area contributed by atoms with Gasteiger partial charge in [0.15, 0.2) is 5.82 Å². The summed E-state index contributed by atoms with van der Waals surface area (Å²) in [6, 6.07) is 4.10. The first kappa shape index (κ1) is 21.4. The summed E-state index contributed by atoms with van der Waals surface area (Å²) in [4.78, 5) is 20.4. The van der Waals surface area contributed by atoms with Crippen LogP contribution >= 0.6 is 0 Å². The van der Waals surface area contributed by atoms with Crippen LogP contribution in [-0.2, 0) is 18.4 Å². The molecular weight excluding hydrogens is 426 g/mol. The zero-order valence-electron chi connectivity index (χ0n) is 18.7. The molecule has 0 unspecified atom stereocenters. The zero-order valence-corrected chi connectivity index (χ0v) is 18.7. The predicted octanol–water partition coefficient (Wildman–Crippen LogP) is 3.08. The van der Waals surface area contributed by atoms with E-state index in [1.165, 1.54) is 0 Å². The fourth-order valence-corrected chi connectivity index (χ4v) is 4.21. The van der Waals surface area contributed by atoms with E-state index in [0.717, 1.165) is 42.9 Å². The van der Waals surface area contributed by atoms with Crippen LogP contribution in [0.2, 0.25) is 0 Å². The molecule has 0 aliphatic heterocycles. The smallest absolute Gasteiger partial charge is 0.321 e. The third-order valence-electron chi connectivity index (χ3n) is 6.28. The molecule has 33 heavy (non-hydrogen) atoms. The molecule has 2 fully saturated rings. The molecule has 11 heteroatoms. The molecule has 0 radical (unpaired) electrons. The van der Waals surface area contributed by atoms with E-state index in [9.17, 15) is 9.90 Å². The second-order valence-electron chi connectivity index (χ2n) is 8.82. The summed E-state index contributed by atoms with van der Waals surface area (Å²) in [6.45, 7) is 2.28. The maximum Gasteiger partial charge on any atom is 0.321 e. The van der Waals surface area contributed by atoms with Crippen molar-refractivity contribution in [2.45, 2.75) is 64.0 Å². The van der Waals surface area contributed by atoms with Crippen LogP contribution in [0, 0.1) is 12.8 Å². The standard InChI is InChI=1S/C22H27N7O4/c1-12-18(32-15-5-3-4-14(10-15)21(30)31)9-8-16(24-12)19-17(29(2)28-26-19)11-23-22-25-20(27-33-22)13-6-7-13/h8-9,13-15H,3-7,10-11H2,1-2H3,(H,30,31)(H,23,25,27)/t14-,15-/m0/s1. The number of aryl methyl sites for hydroxylation is 2. The van der Waals surface area contributed by atoms with Crippen LogP contribution in [0.4, 0.5) is 6.01 Å². The van der Waals surface area contributed by atoms with Crippen LogP contribution in [0.15, 0.2) is 16.7 Å². The topological polar surface area (TPSA) is 141 Å². The van der Waals surface area contributed by atoms with Gasteiger partial charge in [-0.25, -0.2) is 9.67 Å². The van der Waals surface area contributed by atoms with E-state index >= 15 is 0 Å². The molecule has 0 spiro atoms. The van der Waals surface area contributed by atoms with Crippen molar-refractivity contribution >= 4 is 12.0 Å². The predicted molar refractivity (Wildman–Crippen MR) is 117 cm³/mol. The number of aromatic nitrogens is 6. The molecule has 0 aromatic carbocycles. The number of anilines is 1. The molecule has 0 amide bonds. The minimum absolute atomic E-state index is 0.114. The second-order valence-corrected chi connectivity index (χ2v) is 8.82. The number of hydrogen-bond acceptors (Lipinski definition) is 9. The summed E-state index contributed by atoms with van der Waals surface area (Å²) < 4.78 is 13.1. The molecule has 5 rings (SSSR count). The number of aliphatic carboxylic acids is 1. The number of rotatable bonds is 8. The van der Waals surface area contributed by atoms with Crippen LogP contribution in [0.1, 0.15) is 61.7 Å². The lowest BCUT2D eigenvalue weighted by atomic mass is 9.87. The number of carboxylic acids is 1. The van der Waals surface area contributed by atoms with Gasteiger partial charge in [-0.15, -0.1) is 5.10 Å². The second kappa shape index (κ2) is 8.80. The Morgan fingerprint density at radius 2 is 2.12 bits per heavy atom. The summed E-state index contributed by atoms with van der Waals surface area (Å²) in [5.41, 5.74) is 2.89. The van der Waals surface area contributed by atoms with Gasteiger partial charge in [0.25, 0.3) is 0 Å². The molecule has 0 saturated heterocycles. The summed E-state index contributed by atoms with van der Waals surface area (Å²) in [6.07, 6.45) is 5.04. The largest absolute Gasteiger partial charge is 0.489 e. The number of carboxylic acid groups (broad SMARTS) is 1. The molecule has 11 nitrogen and oxygen atoms in total. The summed E-state index contributed by atoms with van der Waals surface area (Å²) in [5, 5.41) is 24.9. The van der Waals surface area contributed by atoms with Crippen LogP contribution in [0.5, 0.6) is 5.75 Å². The van der Waals surface area contributed by atoms with E-state index in [1.54, 1.807) is 4.68 Å². The molecular formula is C22H27N7O4. The van der Waals surface area contributed by atoms with Gasteiger partial charge >= 0.3 is 12.0 Å². The maximum atomic E-state index is 11.3. The molecule has 3 aromatic rings. The Morgan fingerprint density at radius 1 is 1.27 bits per heavy atom. The Bertz CT molecular complexity index is 1150. The van der Waals surface area contributed by atoms with Crippen LogP contribution in [0.25, 0.3) is 11.4 Å². The highest BCUT2D eigenvalue weighted by atomic mass is 16.5. The Labute approximate surface area is 190 Å². The van der Waals surface area contributed by atoms with Crippen molar-refractivity contribution in [2.24, 2.45) is 13.0 Å². The molecule has 174 valence electrons. The van der Waals surface area contributed by atoms with Crippen molar-refractivity contribution in [3.63, 3.8) is 0 Å². The monoisotopic (exact) mass is 453 g/mol. The number of hydrogen-bond donors (Lipinski definition) is 2. The van der Waals surface area contributed by atoms with Gasteiger partial charge in [-0.1, -0.05) is 10.4 Å². The summed E-state index contributed by atoms with van der Waals surface area (Å²) in [7, 11) is 1.82. The highest BCUT2D eigenvalue weighted by Gasteiger charge is 2.30. The van der Waals surface area contributed by atoms with E-state index in [1.807, 2.05) is 26.1 Å². The highest BCUT2D eigenvalue weighted by Crippen LogP contribution is 2.38. The van der Waals surface area contributed by atoms with Crippen molar-refractivity contribution in [1.29, 1.82) is 0 Å². The van der Waals surface area contributed by atoms with Gasteiger partial charge < -0.3 is 19.7 Å². The third-order valence-corrected chi connectivity index (χ3v) is 6.28. The van der Waals surface area contributed by atoms with Gasteiger partial charge in [0, 0.05) is 13.0 Å². The van der Waals surface area contributed by atoms with E-state index in [4.69, 9.17) is 14.2 Å². The van der Waals surface area contributed by atoms with Crippen molar-refractivity contribution in [3.8, 4) is 17.1 Å². The quantitative estimate of drug-likeness (QED) is 0.522. The molecule has 2 aliphatic rings. The lowest BCUT2D eigenvalue weighted by molar-refractivity contribution is -0.143. The Morgan fingerprint density at radius 3 is 2.88 bits per heavy atom. The molecule has 2 saturated carbocycles. The van der Waals surface area contributed by atoms with Crippen LogP contribution in [-0.4, -0.2) is 47.3 Å².